The molecule has 1 atom stereocenters. The number of morpholine rings is 1. The maximum absolute atomic E-state index is 11.6. The summed E-state index contributed by atoms with van der Waals surface area (Å²) in [4.78, 5) is 7.03. The van der Waals surface area contributed by atoms with Crippen molar-refractivity contribution in [1.82, 2.24) is 10.2 Å². The van der Waals surface area contributed by atoms with Crippen molar-refractivity contribution >= 4 is 15.8 Å². The minimum Gasteiger partial charge on any atom is -0.370 e. The van der Waals surface area contributed by atoms with E-state index in [0.717, 1.165) is 37.6 Å². The van der Waals surface area contributed by atoms with Crippen molar-refractivity contribution in [3.05, 3.63) is 64.7 Å². The second-order valence-corrected chi connectivity index (χ2v) is 9.82. The van der Waals surface area contributed by atoms with Gasteiger partial charge in [0.1, 0.15) is 6.10 Å². The van der Waals surface area contributed by atoms with Gasteiger partial charge in [-0.2, -0.15) is 0 Å². The molecule has 1 N–H and O–H groups in total. The number of nitrogens with zero attached hydrogens (tertiary/aromatic N) is 2. The summed E-state index contributed by atoms with van der Waals surface area (Å²) < 4.78 is 29.2. The first-order chi connectivity index (χ1) is 14.3. The van der Waals surface area contributed by atoms with Gasteiger partial charge in [-0.15, -0.1) is 0 Å². The predicted octanol–water partition coefficient (Wildman–Crippen LogP) is 2.90. The van der Waals surface area contributed by atoms with Crippen LogP contribution < -0.4 is 5.32 Å². The summed E-state index contributed by atoms with van der Waals surface area (Å²) in [5.41, 5.74) is 4.82. The topological polar surface area (TPSA) is 71.0 Å². The average Bonchev–Trinajstić information content (AvgIpc) is 2.71. The van der Waals surface area contributed by atoms with Gasteiger partial charge in [0.2, 0.25) is 0 Å². The Hall–Kier alpha value is -2.38. The zero-order valence-electron chi connectivity index (χ0n) is 18.2. The van der Waals surface area contributed by atoms with E-state index in [0.29, 0.717) is 11.5 Å². The molecule has 2 aromatic carbocycles. The van der Waals surface area contributed by atoms with Crippen LogP contribution in [-0.4, -0.2) is 58.8 Å². The number of guanidine groups is 1. The van der Waals surface area contributed by atoms with E-state index in [1.807, 2.05) is 12.1 Å². The van der Waals surface area contributed by atoms with Crippen LogP contribution in [0.1, 0.15) is 28.4 Å². The number of benzene rings is 2. The Morgan fingerprint density at radius 3 is 2.57 bits per heavy atom. The summed E-state index contributed by atoms with van der Waals surface area (Å²) >= 11 is 0. The molecule has 1 unspecified atom stereocenters. The lowest BCUT2D eigenvalue weighted by Crippen LogP contribution is -2.48. The Labute approximate surface area is 179 Å². The van der Waals surface area contributed by atoms with Crippen LogP contribution in [0.15, 0.2) is 52.4 Å². The summed E-state index contributed by atoms with van der Waals surface area (Å²) in [5.74, 6) is 0.862. The molecule has 0 amide bonds. The maximum atomic E-state index is 11.6. The molecule has 162 valence electrons. The first-order valence-electron chi connectivity index (χ1n) is 10.2. The fourth-order valence-corrected chi connectivity index (χ4v) is 4.40. The van der Waals surface area contributed by atoms with Crippen LogP contribution in [0.25, 0.3) is 0 Å². The standard InChI is InChI=1S/C23H31N3O3S/c1-17-5-10-21(18(2)15-17)22-16-26(13-14-29-22)23(24-3)25-12-11-19-6-8-20(9-7-19)30(4,27)28/h5-10,15,22H,11-14,16H2,1-4H3,(H,24,25). The fraction of sp³-hybridized carbons (Fsp3) is 0.435. The van der Waals surface area contributed by atoms with Gasteiger partial charge in [0, 0.05) is 26.4 Å². The van der Waals surface area contributed by atoms with Gasteiger partial charge < -0.3 is 15.0 Å². The molecule has 0 bridgehead atoms. The highest BCUT2D eigenvalue weighted by Crippen LogP contribution is 2.25. The SMILES string of the molecule is CN=C(NCCc1ccc(S(C)(=O)=O)cc1)N1CCOC(c2ccc(C)cc2C)C1. The van der Waals surface area contributed by atoms with Crippen LogP contribution in [0, 0.1) is 13.8 Å². The van der Waals surface area contributed by atoms with Crippen molar-refractivity contribution in [2.24, 2.45) is 4.99 Å². The second-order valence-electron chi connectivity index (χ2n) is 7.81. The largest absolute Gasteiger partial charge is 0.370 e. The summed E-state index contributed by atoms with van der Waals surface area (Å²) in [5, 5.41) is 3.43. The van der Waals surface area contributed by atoms with Gasteiger partial charge in [0.05, 0.1) is 18.0 Å². The Morgan fingerprint density at radius 2 is 1.93 bits per heavy atom. The average molecular weight is 430 g/mol. The molecule has 7 heteroatoms. The zero-order chi connectivity index (χ0) is 21.7. The quantitative estimate of drug-likeness (QED) is 0.585. The van der Waals surface area contributed by atoms with Gasteiger partial charge in [-0.25, -0.2) is 8.42 Å². The number of aliphatic imine (C=N–C) groups is 1. The highest BCUT2D eigenvalue weighted by Gasteiger charge is 2.25. The van der Waals surface area contributed by atoms with E-state index in [9.17, 15) is 8.42 Å². The van der Waals surface area contributed by atoms with E-state index < -0.39 is 9.84 Å². The van der Waals surface area contributed by atoms with Gasteiger partial charge in [-0.05, 0) is 49.1 Å². The van der Waals surface area contributed by atoms with Crippen LogP contribution in [0.3, 0.4) is 0 Å². The molecule has 0 aliphatic carbocycles. The van der Waals surface area contributed by atoms with Gasteiger partial charge in [0.15, 0.2) is 15.8 Å². The van der Waals surface area contributed by atoms with Crippen LogP contribution in [0.4, 0.5) is 0 Å². The lowest BCUT2D eigenvalue weighted by molar-refractivity contribution is -0.00830. The summed E-state index contributed by atoms with van der Waals surface area (Å²) in [6, 6.07) is 13.5. The number of hydrogen-bond donors (Lipinski definition) is 1. The van der Waals surface area contributed by atoms with E-state index in [1.165, 1.54) is 22.9 Å². The first-order valence-corrected chi connectivity index (χ1v) is 12.1. The Kier molecular flexibility index (Phi) is 7.15. The number of hydrogen-bond acceptors (Lipinski definition) is 4. The molecule has 30 heavy (non-hydrogen) atoms. The number of rotatable bonds is 5. The molecule has 1 aliphatic heterocycles. The summed E-state index contributed by atoms with van der Waals surface area (Å²) in [7, 11) is -1.36. The van der Waals surface area contributed by atoms with E-state index in [-0.39, 0.29) is 6.10 Å². The molecule has 1 heterocycles. The smallest absolute Gasteiger partial charge is 0.193 e. The number of ether oxygens (including phenoxy) is 1. The van der Waals surface area contributed by atoms with E-state index in [4.69, 9.17) is 4.74 Å². The van der Waals surface area contributed by atoms with Crippen molar-refractivity contribution in [3.8, 4) is 0 Å². The third-order valence-corrected chi connectivity index (χ3v) is 6.53. The molecule has 3 rings (SSSR count). The summed E-state index contributed by atoms with van der Waals surface area (Å²) in [6.07, 6.45) is 2.04. The molecular formula is C23H31N3O3S. The predicted molar refractivity (Wildman–Crippen MR) is 121 cm³/mol. The highest BCUT2D eigenvalue weighted by molar-refractivity contribution is 7.90. The molecule has 1 fully saturated rings. The van der Waals surface area contributed by atoms with Crippen molar-refractivity contribution < 1.29 is 13.2 Å². The summed E-state index contributed by atoms with van der Waals surface area (Å²) in [6.45, 7) is 7.16. The maximum Gasteiger partial charge on any atom is 0.193 e. The van der Waals surface area contributed by atoms with Crippen molar-refractivity contribution in [2.45, 2.75) is 31.3 Å². The minimum absolute atomic E-state index is 0.0291. The molecule has 0 saturated carbocycles. The Balaban J connectivity index is 1.58. The highest BCUT2D eigenvalue weighted by atomic mass is 32.2. The lowest BCUT2D eigenvalue weighted by atomic mass is 10.00. The van der Waals surface area contributed by atoms with Crippen LogP contribution >= 0.6 is 0 Å². The lowest BCUT2D eigenvalue weighted by Gasteiger charge is -2.36. The number of nitrogens with one attached hydrogen (secondary N) is 1. The third-order valence-electron chi connectivity index (χ3n) is 5.40. The molecule has 0 spiro atoms. The van der Waals surface area contributed by atoms with E-state index in [2.05, 4.69) is 47.3 Å². The molecule has 1 saturated heterocycles. The van der Waals surface area contributed by atoms with Crippen molar-refractivity contribution in [1.29, 1.82) is 0 Å². The molecule has 0 radical (unpaired) electrons. The van der Waals surface area contributed by atoms with E-state index >= 15 is 0 Å². The van der Waals surface area contributed by atoms with Crippen molar-refractivity contribution in [3.63, 3.8) is 0 Å². The normalized spacial score (nSPS) is 17.8. The molecule has 0 aromatic heterocycles. The molecule has 6 nitrogen and oxygen atoms in total. The Bertz CT molecular complexity index is 1000. The molecular weight excluding hydrogens is 398 g/mol. The molecule has 2 aromatic rings. The second kappa shape index (κ2) is 9.62. The minimum atomic E-state index is -3.16. The van der Waals surface area contributed by atoms with Gasteiger partial charge in [-0.1, -0.05) is 35.9 Å². The third kappa shape index (κ3) is 5.61. The number of aryl methyl sites for hydroxylation is 2. The molecule has 1 aliphatic rings. The number of sulfone groups is 1. The van der Waals surface area contributed by atoms with Gasteiger partial charge >= 0.3 is 0 Å². The monoisotopic (exact) mass is 429 g/mol. The van der Waals surface area contributed by atoms with E-state index in [1.54, 1.807) is 19.2 Å². The first kappa shape index (κ1) is 22.3. The van der Waals surface area contributed by atoms with Gasteiger partial charge in [0.25, 0.3) is 0 Å². The van der Waals surface area contributed by atoms with Crippen molar-refractivity contribution in [2.75, 3.05) is 39.5 Å². The zero-order valence-corrected chi connectivity index (χ0v) is 19.0. The fourth-order valence-electron chi connectivity index (χ4n) is 3.77. The Morgan fingerprint density at radius 1 is 1.20 bits per heavy atom. The van der Waals surface area contributed by atoms with Crippen LogP contribution in [-0.2, 0) is 21.0 Å². The van der Waals surface area contributed by atoms with Crippen LogP contribution in [0.2, 0.25) is 0 Å². The van der Waals surface area contributed by atoms with Gasteiger partial charge in [-0.3, -0.25) is 4.99 Å². The van der Waals surface area contributed by atoms with Crippen LogP contribution in [0.5, 0.6) is 0 Å².